The minimum absolute atomic E-state index is 0.0976. The zero-order valence-corrected chi connectivity index (χ0v) is 5.89. The van der Waals surface area contributed by atoms with Crippen LogP contribution >= 0.6 is 11.3 Å². The number of nitrogens with zero attached hydrogens (tertiary/aromatic N) is 1. The fourth-order valence-corrected chi connectivity index (χ4v) is 1.13. The first-order chi connectivity index (χ1) is 4.74. The predicted molar refractivity (Wildman–Crippen MR) is 37.0 cm³/mol. The Morgan fingerprint density at radius 1 is 1.90 bits per heavy atom. The molecule has 0 amide bonds. The van der Waals surface area contributed by atoms with Gasteiger partial charge in [0.05, 0.1) is 0 Å². The third-order valence-electron chi connectivity index (χ3n) is 0.938. The highest BCUT2D eigenvalue weighted by atomic mass is 32.1. The number of carboxylic acids is 1. The number of aromatic nitrogens is 1. The van der Waals surface area contributed by atoms with Crippen LogP contribution < -0.4 is 5.73 Å². The third kappa shape index (κ3) is 1.31. The van der Waals surface area contributed by atoms with Crippen molar-refractivity contribution < 1.29 is 9.90 Å². The molecular formula is C5H6N2O2S. The highest BCUT2D eigenvalue weighted by molar-refractivity contribution is 7.13. The van der Waals surface area contributed by atoms with Crippen molar-refractivity contribution in [1.29, 1.82) is 0 Å². The summed E-state index contributed by atoms with van der Waals surface area (Å²) in [6.45, 7) is 0.352. The van der Waals surface area contributed by atoms with Gasteiger partial charge in [0.15, 0.2) is 0 Å². The molecule has 0 aromatic carbocycles. The highest BCUT2D eigenvalue weighted by Crippen LogP contribution is 2.10. The summed E-state index contributed by atoms with van der Waals surface area (Å²) in [5.74, 6) is -0.996. The van der Waals surface area contributed by atoms with Gasteiger partial charge in [-0.3, -0.25) is 0 Å². The molecule has 0 aliphatic rings. The van der Waals surface area contributed by atoms with Gasteiger partial charge in [0.25, 0.3) is 0 Å². The van der Waals surface area contributed by atoms with Crippen molar-refractivity contribution in [1.82, 2.24) is 4.98 Å². The number of thiazole rings is 1. The molecule has 54 valence electrons. The van der Waals surface area contributed by atoms with E-state index in [4.69, 9.17) is 10.8 Å². The molecule has 0 aliphatic heterocycles. The molecule has 0 aliphatic carbocycles. The molecule has 4 nitrogen and oxygen atoms in total. The summed E-state index contributed by atoms with van der Waals surface area (Å²) in [5, 5.41) is 8.50. The van der Waals surface area contributed by atoms with Gasteiger partial charge in [-0.1, -0.05) is 0 Å². The van der Waals surface area contributed by atoms with Crippen LogP contribution in [0.15, 0.2) is 6.20 Å². The van der Waals surface area contributed by atoms with Crippen molar-refractivity contribution in [2.24, 2.45) is 5.73 Å². The second-order valence-electron chi connectivity index (χ2n) is 1.64. The van der Waals surface area contributed by atoms with E-state index in [1.54, 1.807) is 0 Å². The van der Waals surface area contributed by atoms with E-state index in [1.165, 1.54) is 6.20 Å². The smallest absolute Gasteiger partial charge is 0.365 e. The van der Waals surface area contributed by atoms with Crippen molar-refractivity contribution in [3.63, 3.8) is 0 Å². The molecule has 0 bridgehead atoms. The Morgan fingerprint density at radius 3 is 2.90 bits per heavy atom. The van der Waals surface area contributed by atoms with E-state index in [9.17, 15) is 4.79 Å². The Labute approximate surface area is 61.3 Å². The molecule has 0 fully saturated rings. The average molecular weight is 158 g/mol. The Balaban J connectivity index is 2.88. The Kier molecular flexibility index (Phi) is 1.98. The molecular weight excluding hydrogens is 152 g/mol. The summed E-state index contributed by atoms with van der Waals surface area (Å²) >= 11 is 1.11. The van der Waals surface area contributed by atoms with Crippen LogP contribution in [-0.4, -0.2) is 16.1 Å². The lowest BCUT2D eigenvalue weighted by molar-refractivity contribution is 0.0696. The van der Waals surface area contributed by atoms with Crippen LogP contribution in [0.2, 0.25) is 0 Å². The first kappa shape index (κ1) is 7.17. The number of carboxylic acid groups (broad SMARTS) is 1. The Bertz CT molecular complexity index is 246. The molecule has 0 unspecified atom stereocenters. The van der Waals surface area contributed by atoms with Crippen LogP contribution in [0.5, 0.6) is 0 Å². The fraction of sp³-hybridized carbons (Fsp3) is 0.200. The van der Waals surface area contributed by atoms with Gasteiger partial charge in [0, 0.05) is 17.6 Å². The largest absolute Gasteiger partial charge is 0.476 e. The monoisotopic (exact) mass is 158 g/mol. The quantitative estimate of drug-likeness (QED) is 0.649. The zero-order valence-electron chi connectivity index (χ0n) is 5.07. The van der Waals surface area contributed by atoms with Crippen molar-refractivity contribution in [3.8, 4) is 0 Å². The molecule has 0 saturated heterocycles. The number of rotatable bonds is 2. The zero-order chi connectivity index (χ0) is 7.56. The van der Waals surface area contributed by atoms with Crippen LogP contribution in [0.1, 0.15) is 14.7 Å². The van der Waals surface area contributed by atoms with Gasteiger partial charge >= 0.3 is 5.97 Å². The van der Waals surface area contributed by atoms with Crippen LogP contribution in [-0.2, 0) is 6.54 Å². The average Bonchev–Trinajstić information content (AvgIpc) is 2.34. The van der Waals surface area contributed by atoms with E-state index in [-0.39, 0.29) is 5.01 Å². The summed E-state index contributed by atoms with van der Waals surface area (Å²) in [6, 6.07) is 0. The van der Waals surface area contributed by atoms with Crippen LogP contribution in [0.3, 0.4) is 0 Å². The lowest BCUT2D eigenvalue weighted by Gasteiger charge is -1.81. The highest BCUT2D eigenvalue weighted by Gasteiger charge is 2.06. The maximum absolute atomic E-state index is 10.2. The summed E-state index contributed by atoms with van der Waals surface area (Å²) in [4.78, 5) is 14.7. The van der Waals surface area contributed by atoms with Crippen LogP contribution in [0, 0.1) is 0 Å². The number of hydrogen-bond donors (Lipinski definition) is 2. The number of nitrogens with two attached hydrogens (primary N) is 1. The molecule has 1 aromatic rings. The minimum atomic E-state index is -0.996. The molecule has 5 heteroatoms. The van der Waals surface area contributed by atoms with Gasteiger partial charge < -0.3 is 10.8 Å². The van der Waals surface area contributed by atoms with E-state index in [0.29, 0.717) is 6.54 Å². The van der Waals surface area contributed by atoms with E-state index < -0.39 is 5.97 Å². The number of carbonyl (C=O) groups is 1. The van der Waals surface area contributed by atoms with Crippen molar-refractivity contribution in [2.75, 3.05) is 0 Å². The third-order valence-corrected chi connectivity index (χ3v) is 1.95. The predicted octanol–water partition coefficient (Wildman–Crippen LogP) is 0.300. The van der Waals surface area contributed by atoms with Gasteiger partial charge in [-0.25, -0.2) is 9.78 Å². The second kappa shape index (κ2) is 2.76. The summed E-state index contributed by atoms with van der Waals surface area (Å²) in [6.07, 6.45) is 1.48. The molecule has 3 N–H and O–H groups in total. The van der Waals surface area contributed by atoms with Gasteiger partial charge in [0.1, 0.15) is 0 Å². The van der Waals surface area contributed by atoms with E-state index in [0.717, 1.165) is 16.2 Å². The SMILES string of the molecule is NCc1cnc(C(=O)O)s1. The fourth-order valence-electron chi connectivity index (χ4n) is 0.501. The first-order valence-corrected chi connectivity index (χ1v) is 3.43. The number of hydrogen-bond acceptors (Lipinski definition) is 4. The van der Waals surface area contributed by atoms with E-state index >= 15 is 0 Å². The van der Waals surface area contributed by atoms with Crippen LogP contribution in [0.25, 0.3) is 0 Å². The Morgan fingerprint density at radius 2 is 2.60 bits per heavy atom. The summed E-state index contributed by atoms with van der Waals surface area (Å²) < 4.78 is 0. The maximum atomic E-state index is 10.2. The van der Waals surface area contributed by atoms with Crippen LogP contribution in [0.4, 0.5) is 0 Å². The normalized spacial score (nSPS) is 9.70. The molecule has 0 saturated carbocycles. The van der Waals surface area contributed by atoms with Crippen molar-refractivity contribution in [3.05, 3.63) is 16.1 Å². The lowest BCUT2D eigenvalue weighted by atomic mass is 10.6. The van der Waals surface area contributed by atoms with Gasteiger partial charge in [-0.2, -0.15) is 0 Å². The van der Waals surface area contributed by atoms with E-state index in [1.807, 2.05) is 0 Å². The maximum Gasteiger partial charge on any atom is 0.365 e. The standard InChI is InChI=1S/C5H6N2O2S/c6-1-3-2-7-4(10-3)5(8)9/h2H,1,6H2,(H,8,9). The number of aromatic carboxylic acids is 1. The first-order valence-electron chi connectivity index (χ1n) is 2.62. The second-order valence-corrected chi connectivity index (χ2v) is 2.76. The van der Waals surface area contributed by atoms with Gasteiger partial charge in [-0.15, -0.1) is 11.3 Å². The van der Waals surface area contributed by atoms with E-state index in [2.05, 4.69) is 4.98 Å². The molecule has 0 spiro atoms. The van der Waals surface area contributed by atoms with Gasteiger partial charge in [-0.05, 0) is 0 Å². The van der Waals surface area contributed by atoms with Gasteiger partial charge in [0.2, 0.25) is 5.01 Å². The van der Waals surface area contributed by atoms with Crippen molar-refractivity contribution >= 4 is 17.3 Å². The summed E-state index contributed by atoms with van der Waals surface area (Å²) in [7, 11) is 0. The molecule has 1 aromatic heterocycles. The topological polar surface area (TPSA) is 76.2 Å². The Hall–Kier alpha value is -0.940. The molecule has 1 rings (SSSR count). The lowest BCUT2D eigenvalue weighted by Crippen LogP contribution is -1.93. The minimum Gasteiger partial charge on any atom is -0.476 e. The molecule has 0 radical (unpaired) electrons. The molecule has 10 heavy (non-hydrogen) atoms. The van der Waals surface area contributed by atoms with Crippen molar-refractivity contribution in [2.45, 2.75) is 6.54 Å². The molecule has 1 heterocycles. The summed E-state index contributed by atoms with van der Waals surface area (Å²) in [5.41, 5.74) is 5.24. The molecule has 0 atom stereocenters.